The molecule has 0 aromatic heterocycles. The van der Waals surface area contributed by atoms with Crippen LogP contribution in [-0.2, 0) is 6.42 Å². The van der Waals surface area contributed by atoms with Gasteiger partial charge in [-0.05, 0) is 49.4 Å². The SMILES string of the molecule is CCCCCCCCCCCCc1ccc(Cl)c(C)c1C. The van der Waals surface area contributed by atoms with Gasteiger partial charge in [0.1, 0.15) is 0 Å². The number of hydrogen-bond donors (Lipinski definition) is 0. The average Bonchev–Trinajstić information content (AvgIpc) is 2.49. The fourth-order valence-electron chi connectivity index (χ4n) is 2.92. The summed E-state index contributed by atoms with van der Waals surface area (Å²) >= 11 is 6.15. The predicted octanol–water partition coefficient (Wildman–Crippen LogP) is 7.42. The van der Waals surface area contributed by atoms with Crippen LogP contribution in [-0.4, -0.2) is 0 Å². The monoisotopic (exact) mass is 308 g/mol. The molecule has 0 nitrogen and oxygen atoms in total. The Hall–Kier alpha value is -0.490. The van der Waals surface area contributed by atoms with Crippen LogP contribution in [0.3, 0.4) is 0 Å². The lowest BCUT2D eigenvalue weighted by Gasteiger charge is -2.10. The van der Waals surface area contributed by atoms with Crippen molar-refractivity contribution in [2.75, 3.05) is 0 Å². The maximum Gasteiger partial charge on any atom is 0.0438 e. The minimum Gasteiger partial charge on any atom is -0.0840 e. The van der Waals surface area contributed by atoms with E-state index < -0.39 is 0 Å². The summed E-state index contributed by atoms with van der Waals surface area (Å²) in [6, 6.07) is 4.26. The van der Waals surface area contributed by atoms with Gasteiger partial charge in [0.25, 0.3) is 0 Å². The normalized spacial score (nSPS) is 11.0. The van der Waals surface area contributed by atoms with Crippen LogP contribution in [0.2, 0.25) is 5.02 Å². The molecule has 0 aliphatic carbocycles. The van der Waals surface area contributed by atoms with Gasteiger partial charge in [0.15, 0.2) is 0 Å². The Balaban J connectivity index is 2.06. The third kappa shape index (κ3) is 7.36. The third-order valence-corrected chi connectivity index (χ3v) is 5.04. The Bertz CT molecular complexity index is 395. The summed E-state index contributed by atoms with van der Waals surface area (Å²) < 4.78 is 0. The molecule has 21 heavy (non-hydrogen) atoms. The molecule has 0 aliphatic heterocycles. The minimum absolute atomic E-state index is 0.902. The Kier molecular flexibility index (Phi) is 9.83. The van der Waals surface area contributed by atoms with E-state index in [4.69, 9.17) is 11.6 Å². The highest BCUT2D eigenvalue weighted by Gasteiger charge is 2.04. The van der Waals surface area contributed by atoms with Gasteiger partial charge in [-0.25, -0.2) is 0 Å². The van der Waals surface area contributed by atoms with Gasteiger partial charge in [-0.2, -0.15) is 0 Å². The van der Waals surface area contributed by atoms with Gasteiger partial charge < -0.3 is 0 Å². The molecule has 0 bridgehead atoms. The molecule has 120 valence electrons. The van der Waals surface area contributed by atoms with E-state index in [1.54, 1.807) is 0 Å². The number of hydrogen-bond acceptors (Lipinski definition) is 0. The van der Waals surface area contributed by atoms with Gasteiger partial charge in [-0.15, -0.1) is 0 Å². The molecule has 1 aromatic rings. The largest absolute Gasteiger partial charge is 0.0840 e. The van der Waals surface area contributed by atoms with Crippen LogP contribution in [0.5, 0.6) is 0 Å². The highest BCUT2D eigenvalue weighted by Crippen LogP contribution is 2.23. The lowest BCUT2D eigenvalue weighted by molar-refractivity contribution is 0.556. The van der Waals surface area contributed by atoms with Gasteiger partial charge in [-0.3, -0.25) is 0 Å². The Morgan fingerprint density at radius 3 is 1.81 bits per heavy atom. The zero-order valence-corrected chi connectivity index (χ0v) is 15.1. The van der Waals surface area contributed by atoms with E-state index in [0.29, 0.717) is 0 Å². The summed E-state index contributed by atoms with van der Waals surface area (Å²) in [5.41, 5.74) is 4.12. The van der Waals surface area contributed by atoms with Gasteiger partial charge in [0.05, 0.1) is 0 Å². The van der Waals surface area contributed by atoms with Crippen LogP contribution < -0.4 is 0 Å². The number of aryl methyl sites for hydroxylation is 1. The number of benzene rings is 1. The van der Waals surface area contributed by atoms with Crippen LogP contribution in [0.4, 0.5) is 0 Å². The molecule has 0 heterocycles. The van der Waals surface area contributed by atoms with E-state index in [0.717, 1.165) is 5.02 Å². The lowest BCUT2D eigenvalue weighted by Crippen LogP contribution is -1.93. The molecule has 1 heteroatoms. The fourth-order valence-corrected chi connectivity index (χ4v) is 3.12. The Morgan fingerprint density at radius 2 is 1.24 bits per heavy atom. The van der Waals surface area contributed by atoms with Crippen molar-refractivity contribution in [2.45, 2.75) is 91.4 Å². The third-order valence-electron chi connectivity index (χ3n) is 4.63. The number of unbranched alkanes of at least 4 members (excludes halogenated alkanes) is 9. The second-order valence-electron chi connectivity index (χ2n) is 6.39. The molecule has 0 radical (unpaired) electrons. The molecule has 1 rings (SSSR count). The summed E-state index contributed by atoms with van der Waals surface area (Å²) in [5.74, 6) is 0. The Morgan fingerprint density at radius 1 is 0.714 bits per heavy atom. The maximum absolute atomic E-state index is 6.15. The number of rotatable bonds is 11. The smallest absolute Gasteiger partial charge is 0.0438 e. The summed E-state index contributed by atoms with van der Waals surface area (Å²) in [7, 11) is 0. The quantitative estimate of drug-likeness (QED) is 0.373. The summed E-state index contributed by atoms with van der Waals surface area (Å²) in [6.45, 7) is 6.61. The summed E-state index contributed by atoms with van der Waals surface area (Å²) in [6.07, 6.45) is 15.2. The van der Waals surface area contributed by atoms with Crippen molar-refractivity contribution in [3.8, 4) is 0 Å². The molecule has 0 spiro atoms. The van der Waals surface area contributed by atoms with Crippen LogP contribution in [0.15, 0.2) is 12.1 Å². The van der Waals surface area contributed by atoms with Crippen LogP contribution in [0, 0.1) is 13.8 Å². The number of halogens is 1. The van der Waals surface area contributed by atoms with Crippen LogP contribution in [0.25, 0.3) is 0 Å². The van der Waals surface area contributed by atoms with E-state index in [2.05, 4.69) is 32.9 Å². The first-order chi connectivity index (χ1) is 10.2. The molecular formula is C20H33Cl. The van der Waals surface area contributed by atoms with Gasteiger partial charge >= 0.3 is 0 Å². The van der Waals surface area contributed by atoms with Gasteiger partial charge in [0, 0.05) is 5.02 Å². The minimum atomic E-state index is 0.902. The standard InChI is InChI=1S/C20H33Cl/c1-4-5-6-7-8-9-10-11-12-13-14-19-15-16-20(21)18(3)17(19)2/h15-16H,4-14H2,1-3H3. The predicted molar refractivity (Wildman–Crippen MR) is 96.5 cm³/mol. The zero-order valence-electron chi connectivity index (χ0n) is 14.3. The summed E-state index contributed by atoms with van der Waals surface area (Å²) in [4.78, 5) is 0. The van der Waals surface area contributed by atoms with Gasteiger partial charge in [0.2, 0.25) is 0 Å². The van der Waals surface area contributed by atoms with E-state index >= 15 is 0 Å². The first kappa shape index (κ1) is 18.6. The molecular weight excluding hydrogens is 276 g/mol. The molecule has 0 saturated heterocycles. The van der Waals surface area contributed by atoms with Gasteiger partial charge in [-0.1, -0.05) is 82.4 Å². The average molecular weight is 309 g/mol. The van der Waals surface area contributed by atoms with Crippen molar-refractivity contribution < 1.29 is 0 Å². The van der Waals surface area contributed by atoms with Crippen molar-refractivity contribution in [3.63, 3.8) is 0 Å². The van der Waals surface area contributed by atoms with Crippen molar-refractivity contribution in [3.05, 3.63) is 33.8 Å². The van der Waals surface area contributed by atoms with Crippen molar-refractivity contribution in [1.29, 1.82) is 0 Å². The molecule has 0 saturated carbocycles. The topological polar surface area (TPSA) is 0 Å². The van der Waals surface area contributed by atoms with E-state index in [1.165, 1.54) is 87.3 Å². The van der Waals surface area contributed by atoms with Crippen molar-refractivity contribution >= 4 is 11.6 Å². The molecule has 0 fully saturated rings. The lowest BCUT2D eigenvalue weighted by atomic mass is 9.98. The molecule has 0 aliphatic rings. The molecule has 0 N–H and O–H groups in total. The molecule has 0 amide bonds. The zero-order chi connectivity index (χ0) is 15.5. The fraction of sp³-hybridized carbons (Fsp3) is 0.700. The summed E-state index contributed by atoms with van der Waals surface area (Å²) in [5, 5.41) is 0.902. The van der Waals surface area contributed by atoms with E-state index in [-0.39, 0.29) is 0 Å². The van der Waals surface area contributed by atoms with Crippen LogP contribution in [0.1, 0.15) is 87.8 Å². The Labute approximate surface area is 137 Å². The highest BCUT2D eigenvalue weighted by atomic mass is 35.5. The van der Waals surface area contributed by atoms with E-state index in [1.807, 2.05) is 0 Å². The van der Waals surface area contributed by atoms with Crippen molar-refractivity contribution in [1.82, 2.24) is 0 Å². The molecule has 0 atom stereocenters. The van der Waals surface area contributed by atoms with Crippen LogP contribution >= 0.6 is 11.6 Å². The first-order valence-corrected chi connectivity index (χ1v) is 9.29. The van der Waals surface area contributed by atoms with E-state index in [9.17, 15) is 0 Å². The van der Waals surface area contributed by atoms with Crippen molar-refractivity contribution in [2.24, 2.45) is 0 Å². The highest BCUT2D eigenvalue weighted by molar-refractivity contribution is 6.31. The second kappa shape index (κ2) is 11.1. The second-order valence-corrected chi connectivity index (χ2v) is 6.80. The maximum atomic E-state index is 6.15. The molecule has 1 aromatic carbocycles. The molecule has 0 unspecified atom stereocenters. The first-order valence-electron chi connectivity index (χ1n) is 8.91.